The summed E-state index contributed by atoms with van der Waals surface area (Å²) in [5.41, 5.74) is 0. The van der Waals surface area contributed by atoms with Gasteiger partial charge < -0.3 is 15.5 Å². The second-order valence-electron chi connectivity index (χ2n) is 12.6. The number of aliphatic hydroxyl groups excluding tert-OH is 2. The molecule has 264 valence electrons. The smallest absolute Gasteiger partial charge is 0.220 e. The van der Waals surface area contributed by atoms with Crippen molar-refractivity contribution >= 4 is 5.91 Å². The Morgan fingerprint density at radius 2 is 0.957 bits per heavy atom. The first-order chi connectivity index (χ1) is 22.7. The molecule has 0 fully saturated rings. The van der Waals surface area contributed by atoms with Gasteiger partial charge in [0.15, 0.2) is 0 Å². The highest BCUT2D eigenvalue weighted by molar-refractivity contribution is 5.76. The number of carbonyl (C=O) groups excluding carboxylic acids is 1. The Hall–Kier alpha value is -2.17. The molecule has 4 nitrogen and oxygen atoms in total. The van der Waals surface area contributed by atoms with Gasteiger partial charge in [-0.15, -0.1) is 0 Å². The molecule has 4 heteroatoms. The van der Waals surface area contributed by atoms with Crippen molar-refractivity contribution in [3.05, 3.63) is 72.9 Å². The molecule has 0 aromatic heterocycles. The first-order valence-corrected chi connectivity index (χ1v) is 19.1. The summed E-state index contributed by atoms with van der Waals surface area (Å²) in [6.45, 7) is 4.20. The van der Waals surface area contributed by atoms with E-state index in [9.17, 15) is 15.0 Å². The SMILES string of the molecule is CC/C=C\C/C=C\C/C=C\C/C=C\C/C=C\C/C=C\CCCCCCCCC(=O)NC(CO)C(O)CCCCCCCCCCC. The van der Waals surface area contributed by atoms with Gasteiger partial charge in [-0.1, -0.05) is 170 Å². The van der Waals surface area contributed by atoms with E-state index in [4.69, 9.17) is 0 Å². The molecule has 0 saturated heterocycles. The summed E-state index contributed by atoms with van der Waals surface area (Å²) in [6.07, 6.45) is 52.5. The molecular weight excluding hydrogens is 566 g/mol. The van der Waals surface area contributed by atoms with Gasteiger partial charge in [-0.3, -0.25) is 4.79 Å². The van der Waals surface area contributed by atoms with Crippen LogP contribution in [-0.2, 0) is 4.79 Å². The van der Waals surface area contributed by atoms with Gasteiger partial charge in [0.1, 0.15) is 0 Å². The average molecular weight is 640 g/mol. The number of hydrogen-bond donors (Lipinski definition) is 3. The van der Waals surface area contributed by atoms with Crippen molar-refractivity contribution < 1.29 is 15.0 Å². The van der Waals surface area contributed by atoms with E-state index in [1.54, 1.807) is 0 Å². The highest BCUT2D eigenvalue weighted by Gasteiger charge is 2.19. The predicted molar refractivity (Wildman–Crippen MR) is 202 cm³/mol. The summed E-state index contributed by atoms with van der Waals surface area (Å²) >= 11 is 0. The van der Waals surface area contributed by atoms with Crippen molar-refractivity contribution in [2.24, 2.45) is 0 Å². The van der Waals surface area contributed by atoms with E-state index in [0.717, 1.165) is 77.0 Å². The second kappa shape index (κ2) is 37.3. The van der Waals surface area contributed by atoms with Gasteiger partial charge in [0.2, 0.25) is 5.91 Å². The zero-order chi connectivity index (χ0) is 33.6. The lowest BCUT2D eigenvalue weighted by Crippen LogP contribution is -2.45. The fourth-order valence-electron chi connectivity index (χ4n) is 5.30. The molecular formula is C42H73NO3. The minimum Gasteiger partial charge on any atom is -0.394 e. The molecule has 0 saturated carbocycles. The van der Waals surface area contributed by atoms with Crippen LogP contribution in [0.2, 0.25) is 0 Å². The first-order valence-electron chi connectivity index (χ1n) is 19.1. The Labute approximate surface area is 285 Å². The van der Waals surface area contributed by atoms with E-state index in [1.165, 1.54) is 64.2 Å². The van der Waals surface area contributed by atoms with Crippen LogP contribution in [0, 0.1) is 0 Å². The van der Waals surface area contributed by atoms with E-state index >= 15 is 0 Å². The van der Waals surface area contributed by atoms with Crippen LogP contribution >= 0.6 is 0 Å². The van der Waals surface area contributed by atoms with Crippen molar-refractivity contribution in [3.63, 3.8) is 0 Å². The summed E-state index contributed by atoms with van der Waals surface area (Å²) in [7, 11) is 0. The van der Waals surface area contributed by atoms with Gasteiger partial charge in [0.05, 0.1) is 18.8 Å². The molecule has 2 unspecified atom stereocenters. The molecule has 0 bridgehead atoms. The quantitative estimate of drug-likeness (QED) is 0.0494. The summed E-state index contributed by atoms with van der Waals surface area (Å²) in [4.78, 5) is 12.3. The van der Waals surface area contributed by atoms with Crippen LogP contribution in [0.5, 0.6) is 0 Å². The molecule has 3 N–H and O–H groups in total. The molecule has 0 aliphatic heterocycles. The third-order valence-electron chi connectivity index (χ3n) is 8.23. The molecule has 2 atom stereocenters. The highest BCUT2D eigenvalue weighted by atomic mass is 16.3. The largest absolute Gasteiger partial charge is 0.394 e. The number of nitrogens with one attached hydrogen (secondary N) is 1. The fraction of sp³-hybridized carbons (Fsp3) is 0.690. The van der Waals surface area contributed by atoms with Crippen LogP contribution in [0.25, 0.3) is 0 Å². The van der Waals surface area contributed by atoms with Crippen molar-refractivity contribution in [1.29, 1.82) is 0 Å². The normalized spacial score (nSPS) is 13.9. The van der Waals surface area contributed by atoms with Crippen LogP contribution in [0.15, 0.2) is 72.9 Å². The Bertz CT molecular complexity index is 823. The monoisotopic (exact) mass is 640 g/mol. The molecule has 1 amide bonds. The average Bonchev–Trinajstić information content (AvgIpc) is 3.06. The van der Waals surface area contributed by atoms with Crippen molar-refractivity contribution in [2.75, 3.05) is 6.61 Å². The topological polar surface area (TPSA) is 69.6 Å². The summed E-state index contributed by atoms with van der Waals surface area (Å²) in [5, 5.41) is 23.0. The van der Waals surface area contributed by atoms with E-state index in [2.05, 4.69) is 92.1 Å². The highest BCUT2D eigenvalue weighted by Crippen LogP contribution is 2.13. The molecule has 0 heterocycles. The zero-order valence-electron chi connectivity index (χ0n) is 30.1. The molecule has 46 heavy (non-hydrogen) atoms. The summed E-state index contributed by atoms with van der Waals surface area (Å²) < 4.78 is 0. The Morgan fingerprint density at radius 1 is 0.543 bits per heavy atom. The van der Waals surface area contributed by atoms with Gasteiger partial charge in [-0.05, 0) is 64.2 Å². The molecule has 0 aliphatic carbocycles. The standard InChI is InChI=1S/C42H73NO3/c1-3-5-7-9-11-13-14-15-16-17-18-19-20-21-22-23-24-25-26-27-28-30-32-34-36-38-42(46)43-40(39-44)41(45)37-35-33-31-29-12-10-8-6-4-2/h5,7,11,13,15-16,18-19,21-22,24-25,40-41,44-45H,3-4,6,8-10,12,14,17,20,23,26-39H2,1-2H3,(H,43,46)/b7-5-,13-11-,16-15-,19-18-,22-21-,25-24-. The third kappa shape index (κ3) is 33.2. The Morgan fingerprint density at radius 3 is 1.43 bits per heavy atom. The maximum atomic E-state index is 12.3. The van der Waals surface area contributed by atoms with Crippen molar-refractivity contribution in [3.8, 4) is 0 Å². The number of allylic oxidation sites excluding steroid dienone is 12. The van der Waals surface area contributed by atoms with Crippen LogP contribution in [0.3, 0.4) is 0 Å². The first kappa shape index (κ1) is 43.8. The maximum absolute atomic E-state index is 12.3. The Balaban J connectivity index is 3.64. The van der Waals surface area contributed by atoms with E-state index < -0.39 is 12.1 Å². The zero-order valence-corrected chi connectivity index (χ0v) is 30.1. The second-order valence-corrected chi connectivity index (χ2v) is 12.6. The lowest BCUT2D eigenvalue weighted by atomic mass is 10.0. The lowest BCUT2D eigenvalue weighted by molar-refractivity contribution is -0.123. The molecule has 0 aromatic rings. The molecule has 0 spiro atoms. The van der Waals surface area contributed by atoms with Crippen molar-refractivity contribution in [1.82, 2.24) is 5.32 Å². The number of hydrogen-bond acceptors (Lipinski definition) is 3. The molecule has 0 aliphatic rings. The van der Waals surface area contributed by atoms with Gasteiger partial charge in [0, 0.05) is 6.42 Å². The van der Waals surface area contributed by atoms with E-state index in [1.807, 2.05) is 0 Å². The van der Waals surface area contributed by atoms with Gasteiger partial charge in [0.25, 0.3) is 0 Å². The number of unbranched alkanes of at least 4 members (excludes halogenated alkanes) is 14. The van der Waals surface area contributed by atoms with Gasteiger partial charge in [-0.25, -0.2) is 0 Å². The third-order valence-corrected chi connectivity index (χ3v) is 8.23. The van der Waals surface area contributed by atoms with Gasteiger partial charge in [-0.2, -0.15) is 0 Å². The number of carbonyl (C=O) groups is 1. The van der Waals surface area contributed by atoms with Crippen LogP contribution in [0.1, 0.15) is 168 Å². The Kier molecular flexibility index (Phi) is 35.5. The maximum Gasteiger partial charge on any atom is 0.220 e. The van der Waals surface area contributed by atoms with Crippen LogP contribution < -0.4 is 5.32 Å². The number of amides is 1. The summed E-state index contributed by atoms with van der Waals surface area (Å²) in [5.74, 6) is -0.0529. The van der Waals surface area contributed by atoms with Gasteiger partial charge >= 0.3 is 0 Å². The van der Waals surface area contributed by atoms with Crippen LogP contribution in [-0.4, -0.2) is 34.9 Å². The number of rotatable bonds is 33. The van der Waals surface area contributed by atoms with Crippen molar-refractivity contribution in [2.45, 2.75) is 180 Å². The molecule has 0 rings (SSSR count). The molecule has 0 aromatic carbocycles. The number of aliphatic hydroxyl groups is 2. The minimum absolute atomic E-state index is 0.0529. The predicted octanol–water partition coefficient (Wildman–Crippen LogP) is 11.6. The molecule has 0 radical (unpaired) electrons. The van der Waals surface area contributed by atoms with Crippen LogP contribution in [0.4, 0.5) is 0 Å². The van der Waals surface area contributed by atoms with E-state index in [0.29, 0.717) is 12.8 Å². The summed E-state index contributed by atoms with van der Waals surface area (Å²) in [6, 6.07) is -0.546. The minimum atomic E-state index is -0.667. The van der Waals surface area contributed by atoms with E-state index in [-0.39, 0.29) is 12.5 Å². The lowest BCUT2D eigenvalue weighted by Gasteiger charge is -2.22. The fourth-order valence-corrected chi connectivity index (χ4v) is 5.30.